The van der Waals surface area contributed by atoms with Crippen molar-refractivity contribution in [2.45, 2.75) is 0 Å². The molecule has 0 atom stereocenters. The zero-order chi connectivity index (χ0) is 13.4. The highest BCUT2D eigenvalue weighted by atomic mass is 16.7. The van der Waals surface area contributed by atoms with E-state index in [-0.39, 0.29) is 0 Å². The summed E-state index contributed by atoms with van der Waals surface area (Å²) >= 11 is 0. The van der Waals surface area contributed by atoms with E-state index in [0.717, 1.165) is 0 Å². The summed E-state index contributed by atoms with van der Waals surface area (Å²) in [7, 11) is 2.16. The van der Waals surface area contributed by atoms with E-state index in [1.54, 1.807) is 24.3 Å². The first-order valence-electron chi connectivity index (χ1n) is 5.57. The average molecular weight is 252 g/mol. The maximum atomic E-state index is 11.2. The van der Waals surface area contributed by atoms with Crippen molar-refractivity contribution in [3.63, 3.8) is 0 Å². The molecule has 1 aromatic rings. The molecule has 0 heterocycles. The van der Waals surface area contributed by atoms with Crippen LogP contribution in [0.5, 0.6) is 5.75 Å². The van der Waals surface area contributed by atoms with Crippen LogP contribution in [0, 0.1) is 0 Å². The second-order valence-electron chi connectivity index (χ2n) is 3.87. The van der Waals surface area contributed by atoms with Crippen molar-refractivity contribution >= 4 is 13.4 Å². The quantitative estimate of drug-likeness (QED) is 0.714. The van der Waals surface area contributed by atoms with Crippen molar-refractivity contribution < 1.29 is 19.1 Å². The van der Waals surface area contributed by atoms with E-state index in [1.807, 2.05) is 25.1 Å². The predicted molar refractivity (Wildman–Crippen MR) is 68.1 cm³/mol. The molecule has 0 aliphatic rings. The van der Waals surface area contributed by atoms with Crippen LogP contribution in [0.1, 0.15) is 0 Å². The summed E-state index contributed by atoms with van der Waals surface area (Å²) < 4.78 is 9.58. The Kier molecular flexibility index (Phi) is 6.03. The Hall–Kier alpha value is -1.73. The summed E-state index contributed by atoms with van der Waals surface area (Å²) in [6.45, 7) is 1.12. The number of likely N-dealkylation sites (N-methyl/N-ethyl adjacent to an activating group) is 1. The van der Waals surface area contributed by atoms with Gasteiger partial charge in [-0.2, -0.15) is 0 Å². The van der Waals surface area contributed by atoms with Crippen molar-refractivity contribution in [3.05, 3.63) is 30.3 Å². The monoisotopic (exact) mass is 252 g/mol. The molecule has 7 heteroatoms. The Balaban J connectivity index is 2.23. The number of amides is 1. The summed E-state index contributed by atoms with van der Waals surface area (Å²) in [4.78, 5) is 13.1. The van der Waals surface area contributed by atoms with Gasteiger partial charge in [-0.25, -0.2) is 4.79 Å². The molecule has 0 saturated heterocycles. The normalized spacial score (nSPS) is 10.0. The molecule has 0 aromatic heterocycles. The highest BCUT2D eigenvalue weighted by Crippen LogP contribution is 2.08. The first kappa shape index (κ1) is 14.3. The van der Waals surface area contributed by atoms with Crippen LogP contribution in [0.4, 0.5) is 4.79 Å². The molecular weight excluding hydrogens is 235 g/mol. The minimum Gasteiger partial charge on any atom is -0.501 e. The van der Waals surface area contributed by atoms with Crippen LogP contribution in [0.2, 0.25) is 0 Å². The van der Waals surface area contributed by atoms with Gasteiger partial charge >= 0.3 is 13.4 Å². The van der Waals surface area contributed by atoms with Crippen molar-refractivity contribution in [3.8, 4) is 5.75 Å². The number of rotatable bonds is 6. The molecule has 0 bridgehead atoms. The van der Waals surface area contributed by atoms with Crippen LogP contribution >= 0.6 is 0 Å². The number of carbonyl (C=O) groups excluding carboxylic acids is 1. The Bertz CT molecular complexity index is 361. The lowest BCUT2D eigenvalue weighted by Gasteiger charge is -2.12. The Morgan fingerprint density at radius 2 is 2.06 bits per heavy atom. The highest BCUT2D eigenvalue weighted by Gasteiger charge is 2.23. The minimum absolute atomic E-state index is 0.422. The van der Waals surface area contributed by atoms with Gasteiger partial charge in [0, 0.05) is 13.1 Å². The lowest BCUT2D eigenvalue weighted by molar-refractivity contribution is 0.172. The molecule has 1 rings (SSSR count). The Morgan fingerprint density at radius 3 is 2.67 bits per heavy atom. The van der Waals surface area contributed by atoms with Gasteiger partial charge in [0.25, 0.3) is 0 Å². The van der Waals surface area contributed by atoms with Crippen molar-refractivity contribution in [1.29, 1.82) is 0 Å². The van der Waals surface area contributed by atoms with Gasteiger partial charge in [-0.05, 0) is 26.2 Å². The van der Waals surface area contributed by atoms with E-state index in [2.05, 4.69) is 9.97 Å². The third-order valence-corrected chi connectivity index (χ3v) is 2.02. The standard InChI is InChI=1S/C11H17BN2O4/c1-14(2)9-8-13-11(15)18-12(16)17-10-6-4-3-5-7-10/h3-7,16H,8-9H2,1-2H3,(H,13,15). The number of nitrogens with one attached hydrogen (secondary N) is 1. The molecule has 0 aliphatic heterocycles. The Labute approximate surface area is 107 Å². The molecule has 98 valence electrons. The fraction of sp³-hybridized carbons (Fsp3) is 0.364. The molecule has 6 nitrogen and oxygen atoms in total. The molecule has 0 aliphatic carbocycles. The van der Waals surface area contributed by atoms with Gasteiger partial charge in [0.15, 0.2) is 0 Å². The SMILES string of the molecule is CN(C)CCNC(=O)OB(O)Oc1ccccc1. The lowest BCUT2D eigenvalue weighted by atomic mass is 10.2. The smallest absolute Gasteiger partial charge is 0.501 e. The van der Waals surface area contributed by atoms with Crippen LogP contribution in [0.3, 0.4) is 0 Å². The summed E-state index contributed by atoms with van der Waals surface area (Å²) in [6, 6.07) is 8.61. The lowest BCUT2D eigenvalue weighted by Crippen LogP contribution is -2.38. The van der Waals surface area contributed by atoms with Gasteiger partial charge in [0.05, 0.1) is 0 Å². The zero-order valence-corrected chi connectivity index (χ0v) is 10.5. The molecular formula is C11H17BN2O4. The van der Waals surface area contributed by atoms with Crippen LogP contribution < -0.4 is 9.97 Å². The van der Waals surface area contributed by atoms with Crippen LogP contribution in [0.25, 0.3) is 0 Å². The molecule has 1 amide bonds. The van der Waals surface area contributed by atoms with Gasteiger partial charge in [-0.1, -0.05) is 18.2 Å². The van der Waals surface area contributed by atoms with Gasteiger partial charge in [-0.15, -0.1) is 0 Å². The van der Waals surface area contributed by atoms with Crippen LogP contribution in [0.15, 0.2) is 30.3 Å². The zero-order valence-electron chi connectivity index (χ0n) is 10.5. The highest BCUT2D eigenvalue weighted by molar-refractivity contribution is 6.38. The van der Waals surface area contributed by atoms with E-state index < -0.39 is 13.4 Å². The van der Waals surface area contributed by atoms with Gasteiger partial charge < -0.3 is 24.5 Å². The number of para-hydroxylation sites is 1. The number of nitrogens with zero attached hydrogens (tertiary/aromatic N) is 1. The third kappa shape index (κ3) is 6.12. The van der Waals surface area contributed by atoms with Gasteiger partial charge in [-0.3, -0.25) is 0 Å². The molecule has 0 saturated carbocycles. The van der Waals surface area contributed by atoms with Crippen molar-refractivity contribution in [2.24, 2.45) is 0 Å². The molecule has 0 spiro atoms. The second kappa shape index (κ2) is 7.57. The fourth-order valence-corrected chi connectivity index (χ4v) is 1.15. The number of hydrogen-bond acceptors (Lipinski definition) is 5. The first-order valence-corrected chi connectivity index (χ1v) is 5.57. The molecule has 2 N–H and O–H groups in total. The summed E-state index contributed by atoms with van der Waals surface area (Å²) in [5, 5.41) is 11.9. The maximum Gasteiger partial charge on any atom is 0.788 e. The van der Waals surface area contributed by atoms with E-state index >= 15 is 0 Å². The predicted octanol–water partition coefficient (Wildman–Crippen LogP) is 0.330. The van der Waals surface area contributed by atoms with Gasteiger partial charge in [0.2, 0.25) is 0 Å². The van der Waals surface area contributed by atoms with Crippen molar-refractivity contribution in [1.82, 2.24) is 10.2 Å². The van der Waals surface area contributed by atoms with Crippen molar-refractivity contribution in [2.75, 3.05) is 27.2 Å². The first-order chi connectivity index (χ1) is 8.58. The second-order valence-corrected chi connectivity index (χ2v) is 3.87. The average Bonchev–Trinajstić information content (AvgIpc) is 2.29. The summed E-state index contributed by atoms with van der Waals surface area (Å²) in [5.41, 5.74) is 0. The number of hydrogen-bond donors (Lipinski definition) is 2. The molecule has 18 heavy (non-hydrogen) atoms. The Morgan fingerprint density at radius 1 is 1.39 bits per heavy atom. The largest absolute Gasteiger partial charge is 0.788 e. The van der Waals surface area contributed by atoms with E-state index in [9.17, 15) is 9.82 Å². The summed E-state index contributed by atoms with van der Waals surface area (Å²) in [5.74, 6) is 0.422. The number of carbonyl (C=O) groups is 1. The third-order valence-electron chi connectivity index (χ3n) is 2.02. The van der Waals surface area contributed by atoms with E-state index in [4.69, 9.17) is 4.65 Å². The molecule has 1 aromatic carbocycles. The number of benzene rings is 1. The summed E-state index contributed by atoms with van der Waals surface area (Å²) in [6.07, 6.45) is -0.722. The van der Waals surface area contributed by atoms with Crippen LogP contribution in [-0.2, 0) is 4.65 Å². The molecule has 0 fully saturated rings. The fourth-order valence-electron chi connectivity index (χ4n) is 1.15. The minimum atomic E-state index is -1.62. The molecule has 0 unspecified atom stereocenters. The van der Waals surface area contributed by atoms with Gasteiger partial charge in [0.1, 0.15) is 5.75 Å². The molecule has 0 radical (unpaired) electrons. The topological polar surface area (TPSA) is 71.0 Å². The van der Waals surface area contributed by atoms with E-state index in [1.165, 1.54) is 0 Å². The van der Waals surface area contributed by atoms with Crippen LogP contribution in [-0.4, -0.2) is 50.5 Å². The maximum absolute atomic E-state index is 11.2. The van der Waals surface area contributed by atoms with E-state index in [0.29, 0.717) is 18.8 Å².